The van der Waals surface area contributed by atoms with Crippen LogP contribution in [-0.4, -0.2) is 19.9 Å². The summed E-state index contributed by atoms with van der Waals surface area (Å²) in [5.74, 6) is -1.03. The number of hydrogen-bond acceptors (Lipinski definition) is 7. The van der Waals surface area contributed by atoms with Crippen LogP contribution in [0.5, 0.6) is 0 Å². The molecule has 0 aliphatic rings. The zero-order chi connectivity index (χ0) is 20.2. The minimum absolute atomic E-state index is 0.0348. The van der Waals surface area contributed by atoms with E-state index in [0.717, 1.165) is 17.3 Å². The molecule has 3 heterocycles. The van der Waals surface area contributed by atoms with E-state index in [2.05, 4.69) is 25.3 Å². The summed E-state index contributed by atoms with van der Waals surface area (Å²) in [7, 11) is 0. The van der Waals surface area contributed by atoms with E-state index in [1.54, 1.807) is 55.1 Å². The molecular formula is C20H14F2N6S. The molecule has 0 fully saturated rings. The maximum atomic E-state index is 14.5. The summed E-state index contributed by atoms with van der Waals surface area (Å²) in [4.78, 5) is 16.7. The highest BCUT2D eigenvalue weighted by Crippen LogP contribution is 2.34. The van der Waals surface area contributed by atoms with Gasteiger partial charge >= 0.3 is 0 Å². The molecule has 1 aromatic carbocycles. The lowest BCUT2D eigenvalue weighted by Crippen LogP contribution is -2.02. The van der Waals surface area contributed by atoms with Crippen molar-refractivity contribution in [3.63, 3.8) is 0 Å². The van der Waals surface area contributed by atoms with Gasteiger partial charge in [0.1, 0.15) is 17.5 Å². The van der Waals surface area contributed by atoms with Gasteiger partial charge in [0.2, 0.25) is 5.95 Å². The Labute approximate surface area is 169 Å². The Hall–Kier alpha value is -3.59. The highest BCUT2D eigenvalue weighted by Gasteiger charge is 2.14. The Balaban J connectivity index is 1.61. The molecule has 3 aromatic heterocycles. The van der Waals surface area contributed by atoms with Crippen LogP contribution in [0, 0.1) is 11.6 Å². The minimum Gasteiger partial charge on any atom is -0.368 e. The molecule has 0 spiro atoms. The molecule has 144 valence electrons. The first-order valence-corrected chi connectivity index (χ1v) is 9.29. The lowest BCUT2D eigenvalue weighted by atomic mass is 10.2. The van der Waals surface area contributed by atoms with Gasteiger partial charge in [0, 0.05) is 47.0 Å². The van der Waals surface area contributed by atoms with Crippen molar-refractivity contribution < 1.29 is 8.78 Å². The number of anilines is 3. The first-order chi connectivity index (χ1) is 14.1. The molecule has 0 amide bonds. The molecule has 0 saturated carbocycles. The summed E-state index contributed by atoms with van der Waals surface area (Å²) < 4.78 is 29.1. The third-order valence-electron chi connectivity index (χ3n) is 3.86. The van der Waals surface area contributed by atoms with Gasteiger partial charge in [0.15, 0.2) is 0 Å². The molecule has 0 atom stereocenters. The number of nitrogens with one attached hydrogen (secondary N) is 1. The average Bonchev–Trinajstić information content (AvgIpc) is 2.72. The van der Waals surface area contributed by atoms with Crippen molar-refractivity contribution in [3.8, 4) is 11.3 Å². The first kappa shape index (κ1) is 18.8. The third kappa shape index (κ3) is 4.46. The molecule has 0 radical (unpaired) electrons. The van der Waals surface area contributed by atoms with Crippen LogP contribution in [0.15, 0.2) is 77.0 Å². The fraction of sp³-hybridized carbons (Fsp3) is 0. The molecule has 0 unspecified atom stereocenters. The SMILES string of the molecule is Nc1nc(Nc2cc(F)c(Sc3ccncc3)c(F)c2)cc(-c2ccncc2)n1. The summed E-state index contributed by atoms with van der Waals surface area (Å²) in [6.45, 7) is 0. The Morgan fingerprint density at radius 1 is 0.828 bits per heavy atom. The smallest absolute Gasteiger partial charge is 0.222 e. The van der Waals surface area contributed by atoms with Gasteiger partial charge in [-0.1, -0.05) is 11.8 Å². The van der Waals surface area contributed by atoms with Crippen molar-refractivity contribution in [2.75, 3.05) is 11.1 Å². The van der Waals surface area contributed by atoms with E-state index in [1.807, 2.05) is 0 Å². The molecule has 0 bridgehead atoms. The molecular weight excluding hydrogens is 394 g/mol. The van der Waals surface area contributed by atoms with E-state index in [0.29, 0.717) is 16.4 Å². The number of rotatable bonds is 5. The molecule has 29 heavy (non-hydrogen) atoms. The van der Waals surface area contributed by atoms with Crippen LogP contribution in [0.25, 0.3) is 11.3 Å². The second kappa shape index (κ2) is 8.19. The van der Waals surface area contributed by atoms with Gasteiger partial charge in [0.05, 0.1) is 10.6 Å². The van der Waals surface area contributed by atoms with E-state index >= 15 is 0 Å². The van der Waals surface area contributed by atoms with E-state index < -0.39 is 11.6 Å². The predicted molar refractivity (Wildman–Crippen MR) is 108 cm³/mol. The number of pyridine rings is 2. The Kier molecular flexibility index (Phi) is 5.30. The van der Waals surface area contributed by atoms with Gasteiger partial charge in [-0.25, -0.2) is 13.8 Å². The van der Waals surface area contributed by atoms with Gasteiger partial charge in [-0.15, -0.1) is 0 Å². The summed E-state index contributed by atoms with van der Waals surface area (Å²) in [5.41, 5.74) is 7.35. The zero-order valence-electron chi connectivity index (χ0n) is 14.9. The molecule has 0 aliphatic heterocycles. The standard InChI is InChI=1S/C20H14F2N6S/c21-15-9-13(10-16(22)19(15)29-14-3-7-25-8-4-14)26-18-11-17(27-20(23)28-18)12-1-5-24-6-2-12/h1-11H,(H3,23,26,27,28). The largest absolute Gasteiger partial charge is 0.368 e. The lowest BCUT2D eigenvalue weighted by molar-refractivity contribution is 0.541. The number of halogens is 2. The Bertz CT molecular complexity index is 1120. The van der Waals surface area contributed by atoms with Gasteiger partial charge in [-0.05, 0) is 36.4 Å². The number of benzene rings is 1. The maximum Gasteiger partial charge on any atom is 0.222 e. The van der Waals surface area contributed by atoms with Gasteiger partial charge in [-0.3, -0.25) is 9.97 Å². The van der Waals surface area contributed by atoms with Gasteiger partial charge < -0.3 is 11.1 Å². The highest BCUT2D eigenvalue weighted by atomic mass is 32.2. The maximum absolute atomic E-state index is 14.5. The Morgan fingerprint density at radius 2 is 1.45 bits per heavy atom. The van der Waals surface area contributed by atoms with E-state index in [1.165, 1.54) is 12.1 Å². The molecule has 4 aromatic rings. The van der Waals surface area contributed by atoms with E-state index in [9.17, 15) is 8.78 Å². The molecule has 3 N–H and O–H groups in total. The first-order valence-electron chi connectivity index (χ1n) is 8.47. The number of nitrogens with zero attached hydrogens (tertiary/aromatic N) is 4. The second-order valence-electron chi connectivity index (χ2n) is 5.91. The van der Waals surface area contributed by atoms with Crippen LogP contribution in [0.3, 0.4) is 0 Å². The fourth-order valence-electron chi connectivity index (χ4n) is 2.60. The highest BCUT2D eigenvalue weighted by molar-refractivity contribution is 7.99. The fourth-order valence-corrected chi connectivity index (χ4v) is 3.41. The zero-order valence-corrected chi connectivity index (χ0v) is 15.7. The topological polar surface area (TPSA) is 89.6 Å². The van der Waals surface area contributed by atoms with Crippen LogP contribution in [0.1, 0.15) is 0 Å². The molecule has 0 aliphatic carbocycles. The van der Waals surface area contributed by atoms with Crippen LogP contribution in [-0.2, 0) is 0 Å². The average molecular weight is 408 g/mol. The predicted octanol–water partition coefficient (Wildman–Crippen LogP) is 4.69. The normalized spacial score (nSPS) is 10.7. The van der Waals surface area contributed by atoms with Crippen LogP contribution < -0.4 is 11.1 Å². The van der Waals surface area contributed by atoms with Crippen molar-refractivity contribution in [3.05, 3.63) is 78.9 Å². The molecule has 6 nitrogen and oxygen atoms in total. The molecule has 0 saturated heterocycles. The molecule has 4 rings (SSSR count). The second-order valence-corrected chi connectivity index (χ2v) is 7.00. The lowest BCUT2D eigenvalue weighted by Gasteiger charge is -2.11. The van der Waals surface area contributed by atoms with Crippen molar-refractivity contribution >= 4 is 29.2 Å². The summed E-state index contributed by atoms with van der Waals surface area (Å²) in [6, 6.07) is 11.0. The number of nitrogen functional groups attached to an aromatic ring is 1. The molecule has 9 heteroatoms. The Morgan fingerprint density at radius 3 is 2.10 bits per heavy atom. The quantitative estimate of drug-likeness (QED) is 0.495. The van der Waals surface area contributed by atoms with Gasteiger partial charge in [-0.2, -0.15) is 4.98 Å². The monoisotopic (exact) mass is 408 g/mol. The minimum atomic E-state index is -0.689. The van der Waals surface area contributed by atoms with Crippen LogP contribution in [0.2, 0.25) is 0 Å². The van der Waals surface area contributed by atoms with E-state index in [4.69, 9.17) is 5.73 Å². The number of hydrogen-bond donors (Lipinski definition) is 2. The van der Waals surface area contributed by atoms with Crippen molar-refractivity contribution in [1.82, 2.24) is 19.9 Å². The van der Waals surface area contributed by atoms with Crippen molar-refractivity contribution in [2.24, 2.45) is 0 Å². The van der Waals surface area contributed by atoms with Crippen molar-refractivity contribution in [1.29, 1.82) is 0 Å². The van der Waals surface area contributed by atoms with Crippen molar-refractivity contribution in [2.45, 2.75) is 9.79 Å². The number of nitrogens with two attached hydrogens (primary N) is 1. The van der Waals surface area contributed by atoms with E-state index in [-0.39, 0.29) is 16.5 Å². The summed E-state index contributed by atoms with van der Waals surface area (Å²) in [5, 5.41) is 2.88. The summed E-state index contributed by atoms with van der Waals surface area (Å²) >= 11 is 0.989. The van der Waals surface area contributed by atoms with Gasteiger partial charge in [0.25, 0.3) is 0 Å². The summed E-state index contributed by atoms with van der Waals surface area (Å²) in [6.07, 6.45) is 6.39. The van der Waals surface area contributed by atoms with Crippen LogP contribution in [0.4, 0.5) is 26.2 Å². The van der Waals surface area contributed by atoms with Crippen LogP contribution >= 0.6 is 11.8 Å². The third-order valence-corrected chi connectivity index (χ3v) is 4.96. The number of aromatic nitrogens is 4.